The molecule has 0 N–H and O–H groups in total. The van der Waals surface area contributed by atoms with Crippen LogP contribution < -0.4 is 0 Å². The summed E-state index contributed by atoms with van der Waals surface area (Å²) in [5, 5.41) is 0. The Balaban J connectivity index is 2.56. The molecule has 1 aromatic carbocycles. The third kappa shape index (κ3) is 3.13. The lowest BCUT2D eigenvalue weighted by Gasteiger charge is -2.20. The van der Waals surface area contributed by atoms with Crippen LogP contribution in [0, 0.1) is 0 Å². The maximum Gasteiger partial charge on any atom is 0.133 e. The molecule has 1 unspecified atom stereocenters. The molecule has 0 aromatic heterocycles. The van der Waals surface area contributed by atoms with E-state index in [9.17, 15) is 4.39 Å². The number of hydrogen-bond acceptors (Lipinski definition) is 0. The highest BCUT2D eigenvalue weighted by molar-refractivity contribution is 5.21. The van der Waals surface area contributed by atoms with Gasteiger partial charge in [0.15, 0.2) is 0 Å². The first-order valence-electron chi connectivity index (χ1n) is 5.41. The van der Waals surface area contributed by atoms with Gasteiger partial charge in [-0.25, -0.2) is 4.39 Å². The zero-order valence-corrected chi connectivity index (χ0v) is 9.09. The maximum atomic E-state index is 14.1. The van der Waals surface area contributed by atoms with Crippen molar-refractivity contribution in [3.63, 3.8) is 0 Å². The van der Waals surface area contributed by atoms with Crippen LogP contribution in [0.15, 0.2) is 30.3 Å². The van der Waals surface area contributed by atoms with Crippen molar-refractivity contribution in [2.24, 2.45) is 0 Å². The van der Waals surface area contributed by atoms with Gasteiger partial charge in [0.05, 0.1) is 0 Å². The van der Waals surface area contributed by atoms with Crippen LogP contribution in [0.25, 0.3) is 0 Å². The van der Waals surface area contributed by atoms with Crippen LogP contribution in [-0.4, -0.2) is 0 Å². The number of halogens is 1. The molecule has 1 aromatic rings. The summed E-state index contributed by atoms with van der Waals surface area (Å²) in [5.41, 5.74) is -0.354. The van der Waals surface area contributed by atoms with Gasteiger partial charge in [0, 0.05) is 0 Å². The van der Waals surface area contributed by atoms with Crippen LogP contribution >= 0.6 is 0 Å². The Morgan fingerprint density at radius 3 is 2.36 bits per heavy atom. The average Bonchev–Trinajstić information content (AvgIpc) is 2.19. The summed E-state index contributed by atoms with van der Waals surface area (Å²) in [6, 6.07) is 9.45. The summed E-state index contributed by atoms with van der Waals surface area (Å²) in [5.74, 6) is 0. The number of benzene rings is 1. The third-order valence-corrected chi connectivity index (χ3v) is 2.63. The van der Waals surface area contributed by atoms with Gasteiger partial charge in [0.1, 0.15) is 5.67 Å². The lowest BCUT2D eigenvalue weighted by molar-refractivity contribution is 0.171. The molecule has 1 rings (SSSR count). The third-order valence-electron chi connectivity index (χ3n) is 2.63. The molecule has 14 heavy (non-hydrogen) atoms. The standard InChI is InChI=1S/C13H19F/c1-3-4-8-11-13(2,14)12-9-6-5-7-10-12/h5-7,9-10H,3-4,8,11H2,1-2H3. The highest BCUT2D eigenvalue weighted by Gasteiger charge is 2.24. The molecule has 0 aliphatic heterocycles. The number of alkyl halides is 1. The largest absolute Gasteiger partial charge is 0.239 e. The van der Waals surface area contributed by atoms with E-state index in [1.165, 1.54) is 0 Å². The van der Waals surface area contributed by atoms with Gasteiger partial charge in [-0.15, -0.1) is 0 Å². The van der Waals surface area contributed by atoms with E-state index in [0.29, 0.717) is 6.42 Å². The van der Waals surface area contributed by atoms with Crippen molar-refractivity contribution in [3.05, 3.63) is 35.9 Å². The molecule has 0 saturated carbocycles. The van der Waals surface area contributed by atoms with Crippen LogP contribution in [0.2, 0.25) is 0 Å². The highest BCUT2D eigenvalue weighted by atomic mass is 19.1. The molecule has 0 amide bonds. The van der Waals surface area contributed by atoms with E-state index in [0.717, 1.165) is 24.8 Å². The fourth-order valence-corrected chi connectivity index (χ4v) is 1.64. The van der Waals surface area contributed by atoms with Crippen molar-refractivity contribution in [2.75, 3.05) is 0 Å². The summed E-state index contributed by atoms with van der Waals surface area (Å²) >= 11 is 0. The van der Waals surface area contributed by atoms with Crippen molar-refractivity contribution in [1.29, 1.82) is 0 Å². The first kappa shape index (κ1) is 11.2. The second kappa shape index (κ2) is 5.14. The molecule has 0 spiro atoms. The quantitative estimate of drug-likeness (QED) is 0.607. The Kier molecular flexibility index (Phi) is 4.12. The summed E-state index contributed by atoms with van der Waals surface area (Å²) in [7, 11) is 0. The van der Waals surface area contributed by atoms with E-state index in [1.54, 1.807) is 6.92 Å². The normalized spacial score (nSPS) is 15.1. The van der Waals surface area contributed by atoms with Crippen LogP contribution in [-0.2, 0) is 5.67 Å². The van der Waals surface area contributed by atoms with E-state index >= 15 is 0 Å². The van der Waals surface area contributed by atoms with Gasteiger partial charge in [-0.05, 0) is 25.3 Å². The van der Waals surface area contributed by atoms with E-state index in [-0.39, 0.29) is 0 Å². The second-order valence-electron chi connectivity index (χ2n) is 4.02. The van der Waals surface area contributed by atoms with Gasteiger partial charge in [-0.1, -0.05) is 50.1 Å². The van der Waals surface area contributed by atoms with Gasteiger partial charge < -0.3 is 0 Å². The highest BCUT2D eigenvalue weighted by Crippen LogP contribution is 2.30. The minimum Gasteiger partial charge on any atom is -0.239 e. The van der Waals surface area contributed by atoms with E-state index in [4.69, 9.17) is 0 Å². The molecule has 0 fully saturated rings. The molecule has 78 valence electrons. The van der Waals surface area contributed by atoms with Crippen LogP contribution in [0.1, 0.15) is 45.1 Å². The van der Waals surface area contributed by atoms with Crippen molar-refractivity contribution < 1.29 is 4.39 Å². The van der Waals surface area contributed by atoms with Crippen LogP contribution in [0.4, 0.5) is 4.39 Å². The minimum absolute atomic E-state index is 0.630. The SMILES string of the molecule is CCCCCC(C)(F)c1ccccc1. The number of hydrogen-bond donors (Lipinski definition) is 0. The molecule has 1 heteroatoms. The Bertz CT molecular complexity index is 251. The van der Waals surface area contributed by atoms with Gasteiger partial charge >= 0.3 is 0 Å². The lowest BCUT2D eigenvalue weighted by atomic mass is 9.92. The first-order chi connectivity index (χ1) is 6.67. The van der Waals surface area contributed by atoms with Crippen LogP contribution in [0.5, 0.6) is 0 Å². The van der Waals surface area contributed by atoms with E-state index < -0.39 is 5.67 Å². The number of rotatable bonds is 5. The smallest absolute Gasteiger partial charge is 0.133 e. The summed E-state index contributed by atoms with van der Waals surface area (Å²) in [6.07, 6.45) is 3.86. The molecule has 0 radical (unpaired) electrons. The van der Waals surface area contributed by atoms with Gasteiger partial charge in [-0.3, -0.25) is 0 Å². The van der Waals surface area contributed by atoms with E-state index in [1.807, 2.05) is 30.3 Å². The molecule has 0 bridgehead atoms. The second-order valence-corrected chi connectivity index (χ2v) is 4.02. The summed E-state index contributed by atoms with van der Waals surface area (Å²) < 4.78 is 14.1. The monoisotopic (exact) mass is 194 g/mol. The van der Waals surface area contributed by atoms with Crippen molar-refractivity contribution in [2.45, 2.75) is 45.2 Å². The molecule has 0 saturated heterocycles. The Morgan fingerprint density at radius 2 is 1.79 bits per heavy atom. The summed E-state index contributed by atoms with van der Waals surface area (Å²) in [6.45, 7) is 3.82. The van der Waals surface area contributed by atoms with Crippen LogP contribution in [0.3, 0.4) is 0 Å². The summed E-state index contributed by atoms with van der Waals surface area (Å²) in [4.78, 5) is 0. The predicted octanol–water partition coefficient (Wildman–Crippen LogP) is 4.45. The van der Waals surface area contributed by atoms with Gasteiger partial charge in [-0.2, -0.15) is 0 Å². The van der Waals surface area contributed by atoms with Crippen molar-refractivity contribution >= 4 is 0 Å². The maximum absolute atomic E-state index is 14.1. The first-order valence-corrected chi connectivity index (χ1v) is 5.41. The minimum atomic E-state index is -1.16. The van der Waals surface area contributed by atoms with Gasteiger partial charge in [0.2, 0.25) is 0 Å². The number of unbranched alkanes of at least 4 members (excludes halogenated alkanes) is 2. The van der Waals surface area contributed by atoms with Gasteiger partial charge in [0.25, 0.3) is 0 Å². The topological polar surface area (TPSA) is 0 Å². The molecule has 0 aliphatic rings. The fraction of sp³-hybridized carbons (Fsp3) is 0.538. The molecule has 0 nitrogen and oxygen atoms in total. The Hall–Kier alpha value is -0.850. The zero-order chi connectivity index (χ0) is 10.4. The predicted molar refractivity (Wildman–Crippen MR) is 59.0 cm³/mol. The lowest BCUT2D eigenvalue weighted by Crippen LogP contribution is -2.14. The van der Waals surface area contributed by atoms with Crippen molar-refractivity contribution in [1.82, 2.24) is 0 Å². The molecule has 1 atom stereocenters. The average molecular weight is 194 g/mol. The molecule has 0 aliphatic carbocycles. The van der Waals surface area contributed by atoms with Crippen molar-refractivity contribution in [3.8, 4) is 0 Å². The molecule has 0 heterocycles. The Labute approximate surface area is 86.2 Å². The van der Waals surface area contributed by atoms with E-state index in [2.05, 4.69) is 6.92 Å². The zero-order valence-electron chi connectivity index (χ0n) is 9.09. The fourth-order valence-electron chi connectivity index (χ4n) is 1.64. The Morgan fingerprint density at radius 1 is 1.14 bits per heavy atom. The molecular weight excluding hydrogens is 175 g/mol. The molecular formula is C13H19F.